The van der Waals surface area contributed by atoms with E-state index in [1.54, 1.807) is 25.2 Å². The number of phenolic OH excluding ortho intramolecular Hbond substituents is 1. The minimum atomic E-state index is 0.143. The van der Waals surface area contributed by atoms with Crippen LogP contribution in [-0.2, 0) is 6.42 Å². The predicted octanol–water partition coefficient (Wildman–Crippen LogP) is 1.58. The van der Waals surface area contributed by atoms with Crippen LogP contribution in [0.1, 0.15) is 30.4 Å². The standard InChI is InChI=1S/C26H38N8O/c1-29-25(28)23(16-22(27)21-4-2-3-5-24(21)35)33-12-14-34(15-13-33)26-31-17-20(18-32-26)7-6-19-8-10-30-11-9-19/h2-5,16-19,29-30,35H,6-15,27-28H2,1H3/b22-16-,25-23-. The summed E-state index contributed by atoms with van der Waals surface area (Å²) in [5.41, 5.74) is 15.7. The number of hydrogen-bond acceptors (Lipinski definition) is 9. The number of allylic oxidation sites excluding steroid dienone is 1. The van der Waals surface area contributed by atoms with E-state index in [-0.39, 0.29) is 5.75 Å². The van der Waals surface area contributed by atoms with Gasteiger partial charge in [-0.15, -0.1) is 0 Å². The molecule has 3 heterocycles. The predicted molar refractivity (Wildman–Crippen MR) is 140 cm³/mol. The Hall–Kier alpha value is -3.46. The van der Waals surface area contributed by atoms with E-state index in [1.807, 2.05) is 24.5 Å². The van der Waals surface area contributed by atoms with Crippen LogP contribution in [0.4, 0.5) is 5.95 Å². The molecule has 0 saturated carbocycles. The molecular weight excluding hydrogens is 440 g/mol. The third-order valence-electron chi connectivity index (χ3n) is 6.95. The fraction of sp³-hybridized carbons (Fsp3) is 0.462. The smallest absolute Gasteiger partial charge is 0.225 e. The van der Waals surface area contributed by atoms with Gasteiger partial charge >= 0.3 is 0 Å². The van der Waals surface area contributed by atoms with Crippen molar-refractivity contribution < 1.29 is 5.11 Å². The van der Waals surface area contributed by atoms with Crippen LogP contribution >= 0.6 is 0 Å². The quantitative estimate of drug-likeness (QED) is 0.359. The van der Waals surface area contributed by atoms with Crippen LogP contribution in [0.15, 0.2) is 54.3 Å². The number of rotatable bonds is 8. The van der Waals surface area contributed by atoms with E-state index < -0.39 is 0 Å². The second kappa shape index (κ2) is 11.8. The van der Waals surface area contributed by atoms with Crippen molar-refractivity contribution in [1.29, 1.82) is 0 Å². The number of nitrogens with zero attached hydrogens (tertiary/aromatic N) is 4. The Bertz CT molecular complexity index is 1020. The molecule has 188 valence electrons. The lowest BCUT2D eigenvalue weighted by Crippen LogP contribution is -2.47. The molecule has 0 unspecified atom stereocenters. The molecule has 0 amide bonds. The Morgan fingerprint density at radius 3 is 2.46 bits per heavy atom. The lowest BCUT2D eigenvalue weighted by molar-refractivity contribution is 0.323. The number of aromatic hydroxyl groups is 1. The first-order valence-corrected chi connectivity index (χ1v) is 12.5. The van der Waals surface area contributed by atoms with Crippen LogP contribution in [0, 0.1) is 5.92 Å². The van der Waals surface area contributed by atoms with Gasteiger partial charge in [-0.1, -0.05) is 12.1 Å². The third kappa shape index (κ3) is 6.36. The van der Waals surface area contributed by atoms with Gasteiger partial charge < -0.3 is 37.0 Å². The summed E-state index contributed by atoms with van der Waals surface area (Å²) in [6.45, 7) is 5.34. The molecular formula is C26H38N8O. The second-order valence-corrected chi connectivity index (χ2v) is 9.26. The van der Waals surface area contributed by atoms with Gasteiger partial charge in [-0.25, -0.2) is 9.97 Å². The first-order valence-electron chi connectivity index (χ1n) is 12.5. The largest absolute Gasteiger partial charge is 0.507 e. The number of piperidine rings is 1. The third-order valence-corrected chi connectivity index (χ3v) is 6.95. The average molecular weight is 479 g/mol. The molecule has 0 spiro atoms. The van der Waals surface area contributed by atoms with E-state index in [9.17, 15) is 5.11 Å². The topological polar surface area (TPSA) is 129 Å². The number of hydrogen-bond donors (Lipinski definition) is 5. The van der Waals surface area contributed by atoms with E-state index >= 15 is 0 Å². The Morgan fingerprint density at radius 2 is 1.80 bits per heavy atom. The lowest BCUT2D eigenvalue weighted by Gasteiger charge is -2.37. The molecule has 7 N–H and O–H groups in total. The minimum Gasteiger partial charge on any atom is -0.507 e. The number of nitrogens with one attached hydrogen (secondary N) is 2. The van der Waals surface area contributed by atoms with Crippen molar-refractivity contribution >= 4 is 11.6 Å². The normalized spacial score (nSPS) is 18.4. The Balaban J connectivity index is 1.36. The molecule has 35 heavy (non-hydrogen) atoms. The SMILES string of the molecule is CN/C(N)=C(/C=C(\N)c1ccccc1O)N1CCN(c2ncc(CCC3CCNCC3)cn2)CC1. The van der Waals surface area contributed by atoms with E-state index in [1.165, 1.54) is 24.8 Å². The number of piperazine rings is 1. The summed E-state index contributed by atoms with van der Waals surface area (Å²) in [7, 11) is 1.79. The van der Waals surface area contributed by atoms with E-state index in [0.29, 0.717) is 17.1 Å². The van der Waals surface area contributed by atoms with Crippen molar-refractivity contribution in [3.8, 4) is 5.75 Å². The molecule has 1 aromatic heterocycles. The number of benzene rings is 1. The molecule has 9 nitrogen and oxygen atoms in total. The van der Waals surface area contributed by atoms with E-state index in [0.717, 1.165) is 63.3 Å². The van der Waals surface area contributed by atoms with Crippen molar-refractivity contribution in [3.63, 3.8) is 0 Å². The molecule has 0 bridgehead atoms. The number of anilines is 1. The Labute approximate surface area is 207 Å². The van der Waals surface area contributed by atoms with Crippen LogP contribution < -0.4 is 27.0 Å². The summed E-state index contributed by atoms with van der Waals surface area (Å²) in [4.78, 5) is 13.7. The molecule has 2 fully saturated rings. The zero-order chi connectivity index (χ0) is 24.6. The van der Waals surface area contributed by atoms with E-state index in [4.69, 9.17) is 11.5 Å². The summed E-state index contributed by atoms with van der Waals surface area (Å²) in [5.74, 6) is 2.26. The van der Waals surface area contributed by atoms with Crippen LogP contribution in [0.3, 0.4) is 0 Å². The maximum Gasteiger partial charge on any atom is 0.225 e. The molecule has 0 radical (unpaired) electrons. The van der Waals surface area contributed by atoms with E-state index in [2.05, 4.69) is 30.4 Å². The van der Waals surface area contributed by atoms with Crippen molar-refractivity contribution in [1.82, 2.24) is 25.5 Å². The molecule has 4 rings (SSSR count). The summed E-state index contributed by atoms with van der Waals surface area (Å²) >= 11 is 0. The first-order chi connectivity index (χ1) is 17.0. The van der Waals surface area contributed by atoms with Crippen LogP contribution in [0.5, 0.6) is 5.75 Å². The van der Waals surface area contributed by atoms with Crippen molar-refractivity contribution in [2.75, 3.05) is 51.2 Å². The monoisotopic (exact) mass is 478 g/mol. The second-order valence-electron chi connectivity index (χ2n) is 9.26. The van der Waals surface area contributed by atoms with Gasteiger partial charge in [0.25, 0.3) is 0 Å². The molecule has 2 aliphatic heterocycles. The zero-order valence-electron chi connectivity index (χ0n) is 20.6. The van der Waals surface area contributed by atoms with Crippen LogP contribution in [0.2, 0.25) is 0 Å². The van der Waals surface area contributed by atoms with Crippen molar-refractivity contribution in [2.45, 2.75) is 25.7 Å². The molecule has 1 aromatic carbocycles. The van der Waals surface area contributed by atoms with Gasteiger partial charge in [0.2, 0.25) is 5.95 Å². The molecule has 2 aromatic rings. The fourth-order valence-electron chi connectivity index (χ4n) is 4.74. The van der Waals surface area contributed by atoms with Gasteiger partial charge in [-0.2, -0.15) is 0 Å². The van der Waals surface area contributed by atoms with Crippen LogP contribution in [-0.4, -0.2) is 66.3 Å². The summed E-state index contributed by atoms with van der Waals surface area (Å²) < 4.78 is 0. The number of para-hydroxylation sites is 1. The van der Waals surface area contributed by atoms with Crippen molar-refractivity contribution in [2.24, 2.45) is 17.4 Å². The first kappa shape index (κ1) is 24.7. The maximum atomic E-state index is 10.2. The highest BCUT2D eigenvalue weighted by atomic mass is 16.3. The molecule has 9 heteroatoms. The highest BCUT2D eigenvalue weighted by molar-refractivity contribution is 5.70. The lowest BCUT2D eigenvalue weighted by atomic mass is 9.92. The average Bonchev–Trinajstić information content (AvgIpc) is 2.91. The number of nitrogens with two attached hydrogens (primary N) is 2. The molecule has 2 aliphatic rings. The maximum absolute atomic E-state index is 10.2. The summed E-state index contributed by atoms with van der Waals surface area (Å²) in [6, 6.07) is 7.03. The van der Waals surface area contributed by atoms with Crippen LogP contribution in [0.25, 0.3) is 5.70 Å². The molecule has 2 saturated heterocycles. The van der Waals surface area contributed by atoms with Gasteiger partial charge in [-0.05, 0) is 68.5 Å². The molecule has 0 aliphatic carbocycles. The number of aromatic nitrogens is 2. The fourth-order valence-corrected chi connectivity index (χ4v) is 4.74. The highest BCUT2D eigenvalue weighted by Gasteiger charge is 2.22. The van der Waals surface area contributed by atoms with Gasteiger partial charge in [0.05, 0.1) is 5.70 Å². The van der Waals surface area contributed by atoms with Gasteiger partial charge in [-0.3, -0.25) is 0 Å². The van der Waals surface area contributed by atoms with Gasteiger partial charge in [0, 0.05) is 56.9 Å². The number of phenols is 1. The van der Waals surface area contributed by atoms with Gasteiger partial charge in [0.1, 0.15) is 11.6 Å². The molecule has 0 atom stereocenters. The Morgan fingerprint density at radius 1 is 1.11 bits per heavy atom. The summed E-state index contributed by atoms with van der Waals surface area (Å²) in [5, 5.41) is 16.6. The number of aryl methyl sites for hydroxylation is 1. The minimum absolute atomic E-state index is 0.143. The van der Waals surface area contributed by atoms with Gasteiger partial charge in [0.15, 0.2) is 0 Å². The highest BCUT2D eigenvalue weighted by Crippen LogP contribution is 2.24. The summed E-state index contributed by atoms with van der Waals surface area (Å²) in [6.07, 6.45) is 10.6. The zero-order valence-corrected chi connectivity index (χ0v) is 20.6. The van der Waals surface area contributed by atoms with Crippen molar-refractivity contribution in [3.05, 3.63) is 65.4 Å². The Kier molecular flexibility index (Phi) is 8.31.